The second-order valence-electron chi connectivity index (χ2n) is 4.74. The number of hydrogen-bond donors (Lipinski definition) is 1. The summed E-state index contributed by atoms with van der Waals surface area (Å²) in [5.41, 5.74) is 1.80. The van der Waals surface area contributed by atoms with Crippen molar-refractivity contribution in [1.82, 2.24) is 4.90 Å². The number of benzene rings is 2. The van der Waals surface area contributed by atoms with Gasteiger partial charge in [0.2, 0.25) is 0 Å². The Morgan fingerprint density at radius 3 is 2.24 bits per heavy atom. The van der Waals surface area contributed by atoms with Gasteiger partial charge in [0.25, 0.3) is 11.8 Å². The highest BCUT2D eigenvalue weighted by molar-refractivity contribution is 9.10. The van der Waals surface area contributed by atoms with Crippen LogP contribution < -0.4 is 5.32 Å². The summed E-state index contributed by atoms with van der Waals surface area (Å²) in [6, 6.07) is 14.0. The zero-order chi connectivity index (χ0) is 15.4. The normalized spacial score (nSPS) is 10.0. The standard InChI is InChI=1S/C16H15BrN2O2/c1-19(2)16(21)11-6-8-14(9-7-11)18-15(20)12-4-3-5-13(17)10-12/h3-10H,1-2H3,(H,18,20). The zero-order valence-electron chi connectivity index (χ0n) is 11.8. The van der Waals surface area contributed by atoms with Crippen LogP contribution in [0.1, 0.15) is 20.7 Å². The number of hydrogen-bond acceptors (Lipinski definition) is 2. The number of halogens is 1. The second-order valence-corrected chi connectivity index (χ2v) is 5.66. The Labute approximate surface area is 131 Å². The van der Waals surface area contributed by atoms with E-state index in [0.29, 0.717) is 16.8 Å². The van der Waals surface area contributed by atoms with Gasteiger partial charge in [-0.15, -0.1) is 0 Å². The molecule has 0 bridgehead atoms. The van der Waals surface area contributed by atoms with Crippen LogP contribution >= 0.6 is 15.9 Å². The van der Waals surface area contributed by atoms with Crippen molar-refractivity contribution in [3.8, 4) is 0 Å². The summed E-state index contributed by atoms with van der Waals surface area (Å²) in [5, 5.41) is 2.80. The number of amides is 2. The van der Waals surface area contributed by atoms with Crippen LogP contribution in [0.3, 0.4) is 0 Å². The minimum Gasteiger partial charge on any atom is -0.345 e. The highest BCUT2D eigenvalue weighted by Crippen LogP contribution is 2.15. The summed E-state index contributed by atoms with van der Waals surface area (Å²) in [6.45, 7) is 0. The molecule has 0 fully saturated rings. The third-order valence-corrected chi connectivity index (χ3v) is 3.38. The first-order chi connectivity index (χ1) is 9.97. The number of nitrogens with zero attached hydrogens (tertiary/aromatic N) is 1. The van der Waals surface area contributed by atoms with Crippen molar-refractivity contribution in [1.29, 1.82) is 0 Å². The molecule has 0 aromatic heterocycles. The van der Waals surface area contributed by atoms with Crippen LogP contribution in [0.25, 0.3) is 0 Å². The van der Waals surface area contributed by atoms with Gasteiger partial charge in [-0.3, -0.25) is 9.59 Å². The molecule has 2 amide bonds. The highest BCUT2D eigenvalue weighted by atomic mass is 79.9. The van der Waals surface area contributed by atoms with Gasteiger partial charge < -0.3 is 10.2 Å². The van der Waals surface area contributed by atoms with Gasteiger partial charge in [-0.25, -0.2) is 0 Å². The summed E-state index contributed by atoms with van der Waals surface area (Å²) < 4.78 is 0.849. The number of carbonyl (C=O) groups excluding carboxylic acids is 2. The van der Waals surface area contributed by atoms with Crippen LogP contribution in [0.15, 0.2) is 53.0 Å². The SMILES string of the molecule is CN(C)C(=O)c1ccc(NC(=O)c2cccc(Br)c2)cc1. The summed E-state index contributed by atoms with van der Waals surface area (Å²) in [6.07, 6.45) is 0. The van der Waals surface area contributed by atoms with E-state index >= 15 is 0 Å². The van der Waals surface area contributed by atoms with Crippen LogP contribution in [0.2, 0.25) is 0 Å². The number of rotatable bonds is 3. The van der Waals surface area contributed by atoms with E-state index in [1.54, 1.807) is 56.6 Å². The molecule has 21 heavy (non-hydrogen) atoms. The van der Waals surface area contributed by atoms with Gasteiger partial charge in [0.05, 0.1) is 0 Å². The third kappa shape index (κ3) is 3.92. The highest BCUT2D eigenvalue weighted by Gasteiger charge is 2.09. The van der Waals surface area contributed by atoms with E-state index in [-0.39, 0.29) is 11.8 Å². The lowest BCUT2D eigenvalue weighted by Gasteiger charge is -2.11. The molecule has 0 aliphatic rings. The van der Waals surface area contributed by atoms with Crippen LogP contribution in [-0.2, 0) is 0 Å². The first-order valence-electron chi connectivity index (χ1n) is 6.36. The predicted octanol–water partition coefficient (Wildman–Crippen LogP) is 3.40. The molecule has 0 saturated carbocycles. The molecule has 2 aromatic rings. The molecule has 108 valence electrons. The van der Waals surface area contributed by atoms with E-state index in [2.05, 4.69) is 21.2 Å². The Kier molecular flexibility index (Phi) is 4.75. The lowest BCUT2D eigenvalue weighted by atomic mass is 10.1. The fourth-order valence-corrected chi connectivity index (χ4v) is 2.19. The molecule has 0 spiro atoms. The van der Waals surface area contributed by atoms with E-state index in [0.717, 1.165) is 4.47 Å². The second kappa shape index (κ2) is 6.54. The maximum atomic E-state index is 12.1. The number of nitrogens with one attached hydrogen (secondary N) is 1. The van der Waals surface area contributed by atoms with E-state index in [1.807, 2.05) is 6.07 Å². The average Bonchev–Trinajstić information content (AvgIpc) is 2.47. The van der Waals surface area contributed by atoms with Crippen LogP contribution in [0.4, 0.5) is 5.69 Å². The molecule has 0 saturated heterocycles. The molecule has 2 aromatic carbocycles. The first-order valence-corrected chi connectivity index (χ1v) is 7.15. The Hall–Kier alpha value is -2.14. The summed E-state index contributed by atoms with van der Waals surface area (Å²) in [5.74, 6) is -0.261. The summed E-state index contributed by atoms with van der Waals surface area (Å²) in [4.78, 5) is 25.4. The number of carbonyl (C=O) groups is 2. The quantitative estimate of drug-likeness (QED) is 0.925. The molecule has 0 atom stereocenters. The molecule has 1 N–H and O–H groups in total. The molecule has 0 aliphatic heterocycles. The van der Waals surface area contributed by atoms with Crippen LogP contribution in [0.5, 0.6) is 0 Å². The van der Waals surface area contributed by atoms with Crippen molar-refractivity contribution in [2.45, 2.75) is 0 Å². The average molecular weight is 347 g/mol. The number of anilines is 1. The van der Waals surface area contributed by atoms with Gasteiger partial charge in [-0.1, -0.05) is 22.0 Å². The summed E-state index contributed by atoms with van der Waals surface area (Å²) >= 11 is 3.33. The minimum atomic E-state index is -0.192. The van der Waals surface area contributed by atoms with E-state index < -0.39 is 0 Å². The predicted molar refractivity (Wildman–Crippen MR) is 86.6 cm³/mol. The maximum Gasteiger partial charge on any atom is 0.255 e. The van der Waals surface area contributed by atoms with Gasteiger partial charge in [-0.2, -0.15) is 0 Å². The van der Waals surface area contributed by atoms with Crippen molar-refractivity contribution in [3.05, 3.63) is 64.1 Å². The molecular weight excluding hydrogens is 332 g/mol. The minimum absolute atomic E-state index is 0.0696. The molecule has 0 radical (unpaired) electrons. The first kappa shape index (κ1) is 15.3. The molecule has 0 unspecified atom stereocenters. The third-order valence-electron chi connectivity index (χ3n) is 2.88. The molecule has 0 heterocycles. The van der Waals surface area contributed by atoms with Crippen molar-refractivity contribution in [2.24, 2.45) is 0 Å². The Balaban J connectivity index is 2.10. The smallest absolute Gasteiger partial charge is 0.255 e. The lowest BCUT2D eigenvalue weighted by molar-refractivity contribution is 0.0827. The Bertz CT molecular complexity index is 666. The fraction of sp³-hybridized carbons (Fsp3) is 0.125. The lowest BCUT2D eigenvalue weighted by Crippen LogP contribution is -2.21. The maximum absolute atomic E-state index is 12.1. The Morgan fingerprint density at radius 2 is 1.67 bits per heavy atom. The molecule has 4 nitrogen and oxygen atoms in total. The van der Waals surface area contributed by atoms with Gasteiger partial charge in [-0.05, 0) is 42.5 Å². The monoisotopic (exact) mass is 346 g/mol. The van der Waals surface area contributed by atoms with Gasteiger partial charge in [0.1, 0.15) is 0 Å². The van der Waals surface area contributed by atoms with E-state index in [1.165, 1.54) is 4.90 Å². The zero-order valence-corrected chi connectivity index (χ0v) is 13.3. The van der Waals surface area contributed by atoms with Crippen molar-refractivity contribution < 1.29 is 9.59 Å². The van der Waals surface area contributed by atoms with Crippen molar-refractivity contribution in [3.63, 3.8) is 0 Å². The van der Waals surface area contributed by atoms with Crippen LogP contribution in [-0.4, -0.2) is 30.8 Å². The molecule has 0 aliphatic carbocycles. The molecule has 5 heteroatoms. The summed E-state index contributed by atoms with van der Waals surface area (Å²) in [7, 11) is 3.40. The van der Waals surface area contributed by atoms with Gasteiger partial charge >= 0.3 is 0 Å². The van der Waals surface area contributed by atoms with Crippen molar-refractivity contribution >= 4 is 33.4 Å². The van der Waals surface area contributed by atoms with Gasteiger partial charge in [0, 0.05) is 35.4 Å². The largest absolute Gasteiger partial charge is 0.345 e. The molecule has 2 rings (SSSR count). The molecular formula is C16H15BrN2O2. The topological polar surface area (TPSA) is 49.4 Å². The Morgan fingerprint density at radius 1 is 1.00 bits per heavy atom. The van der Waals surface area contributed by atoms with Crippen molar-refractivity contribution in [2.75, 3.05) is 19.4 Å². The van der Waals surface area contributed by atoms with E-state index in [9.17, 15) is 9.59 Å². The fourth-order valence-electron chi connectivity index (χ4n) is 1.79. The van der Waals surface area contributed by atoms with Crippen LogP contribution in [0, 0.1) is 0 Å². The van der Waals surface area contributed by atoms with Gasteiger partial charge in [0.15, 0.2) is 0 Å². The van der Waals surface area contributed by atoms with E-state index in [4.69, 9.17) is 0 Å².